The highest BCUT2D eigenvalue weighted by molar-refractivity contribution is 9.10. The quantitative estimate of drug-likeness (QED) is 0.540. The van der Waals surface area contributed by atoms with Crippen LogP contribution < -0.4 is 14.8 Å². The van der Waals surface area contributed by atoms with Gasteiger partial charge < -0.3 is 19.8 Å². The van der Waals surface area contributed by atoms with E-state index in [9.17, 15) is 13.6 Å². The van der Waals surface area contributed by atoms with E-state index in [1.165, 1.54) is 14.2 Å². The summed E-state index contributed by atoms with van der Waals surface area (Å²) < 4.78 is 39.0. The fourth-order valence-electron chi connectivity index (χ4n) is 3.14. The number of fused-ring (bicyclic) bond motifs is 1. The molecule has 8 heteroatoms. The van der Waals surface area contributed by atoms with Gasteiger partial charge >= 0.3 is 0 Å². The minimum Gasteiger partial charge on any atom is -0.493 e. The Labute approximate surface area is 169 Å². The number of methoxy groups -OCH3 is 2. The molecule has 0 atom stereocenters. The van der Waals surface area contributed by atoms with E-state index in [0.29, 0.717) is 34.7 Å². The summed E-state index contributed by atoms with van der Waals surface area (Å²) >= 11 is 3.04. The second kappa shape index (κ2) is 8.18. The van der Waals surface area contributed by atoms with E-state index in [1.54, 1.807) is 25.1 Å². The van der Waals surface area contributed by atoms with Gasteiger partial charge in [0.05, 0.1) is 24.2 Å². The van der Waals surface area contributed by atoms with Gasteiger partial charge in [0, 0.05) is 23.2 Å². The van der Waals surface area contributed by atoms with Crippen LogP contribution in [0.2, 0.25) is 0 Å². The summed E-state index contributed by atoms with van der Waals surface area (Å²) in [5, 5.41) is 2.99. The third-order valence-corrected chi connectivity index (χ3v) is 5.12. The van der Waals surface area contributed by atoms with Gasteiger partial charge in [-0.25, -0.2) is 8.78 Å². The van der Waals surface area contributed by atoms with Crippen LogP contribution in [0.25, 0.3) is 10.9 Å². The largest absolute Gasteiger partial charge is 0.493 e. The number of aromatic nitrogens is 1. The first kappa shape index (κ1) is 20.1. The lowest BCUT2D eigenvalue weighted by atomic mass is 10.1. The Bertz CT molecular complexity index is 1050. The molecule has 0 saturated carbocycles. The third-order valence-electron chi connectivity index (χ3n) is 4.54. The van der Waals surface area contributed by atoms with E-state index in [2.05, 4.69) is 26.2 Å². The number of ether oxygens (including phenoxy) is 2. The molecule has 148 valence electrons. The molecule has 5 nitrogen and oxygen atoms in total. The monoisotopic (exact) mass is 452 g/mol. The minimum atomic E-state index is -0.535. The Hall–Kier alpha value is -2.61. The zero-order valence-corrected chi connectivity index (χ0v) is 17.2. The Balaban J connectivity index is 1.77. The predicted octanol–water partition coefficient (Wildman–Crippen LogP) is 4.51. The molecule has 28 heavy (non-hydrogen) atoms. The summed E-state index contributed by atoms with van der Waals surface area (Å²) in [7, 11) is 3.01. The van der Waals surface area contributed by atoms with Crippen molar-refractivity contribution in [2.45, 2.75) is 13.3 Å². The number of aromatic amines is 1. The molecule has 3 aromatic rings. The predicted molar refractivity (Wildman–Crippen MR) is 106 cm³/mol. The molecule has 3 rings (SSSR count). The topological polar surface area (TPSA) is 63.3 Å². The molecule has 0 unspecified atom stereocenters. The summed E-state index contributed by atoms with van der Waals surface area (Å²) in [6, 6.07) is 5.94. The van der Waals surface area contributed by atoms with Crippen molar-refractivity contribution >= 4 is 32.7 Å². The first-order valence-corrected chi connectivity index (χ1v) is 9.31. The number of rotatable bonds is 6. The molecule has 0 aliphatic heterocycles. The van der Waals surface area contributed by atoms with Gasteiger partial charge in [0.15, 0.2) is 11.5 Å². The number of benzene rings is 2. The van der Waals surface area contributed by atoms with Gasteiger partial charge in [-0.05, 0) is 59.1 Å². The number of nitrogens with one attached hydrogen (secondary N) is 2. The highest BCUT2D eigenvalue weighted by atomic mass is 79.9. The van der Waals surface area contributed by atoms with Crippen LogP contribution >= 0.6 is 15.9 Å². The van der Waals surface area contributed by atoms with Crippen LogP contribution in [-0.4, -0.2) is 31.7 Å². The lowest BCUT2D eigenvalue weighted by Crippen LogP contribution is -2.25. The maximum absolute atomic E-state index is 14.5. The standard InChI is InChI=1S/C20H19BrF2N2O3/c1-10-12(17-18(23)13(21)9-14(22)19(17)25-10)6-7-24-20(26)11-4-5-15(27-2)16(8-11)28-3/h4-5,8-9,25H,6-7H2,1-3H3,(H,24,26). The van der Waals surface area contributed by atoms with Gasteiger partial charge in [-0.2, -0.15) is 0 Å². The molecule has 2 aromatic carbocycles. The zero-order chi connectivity index (χ0) is 20.4. The van der Waals surface area contributed by atoms with E-state index < -0.39 is 11.6 Å². The third kappa shape index (κ3) is 3.69. The molecule has 0 aliphatic carbocycles. The number of amides is 1. The van der Waals surface area contributed by atoms with E-state index in [4.69, 9.17) is 9.47 Å². The van der Waals surface area contributed by atoms with Gasteiger partial charge in [0.1, 0.15) is 11.6 Å². The van der Waals surface area contributed by atoms with Gasteiger partial charge in [-0.15, -0.1) is 0 Å². The van der Waals surface area contributed by atoms with E-state index in [1.807, 2.05) is 0 Å². The first-order valence-electron chi connectivity index (χ1n) is 8.52. The van der Waals surface area contributed by atoms with Crippen LogP contribution in [0, 0.1) is 18.6 Å². The van der Waals surface area contributed by atoms with Gasteiger partial charge in [0.25, 0.3) is 5.91 Å². The number of halogens is 3. The van der Waals surface area contributed by atoms with Crippen molar-refractivity contribution in [1.29, 1.82) is 0 Å². The molecule has 0 aliphatic rings. The highest BCUT2D eigenvalue weighted by Gasteiger charge is 2.19. The average molecular weight is 453 g/mol. The van der Waals surface area contributed by atoms with Crippen LogP contribution in [0.4, 0.5) is 8.78 Å². The van der Waals surface area contributed by atoms with Gasteiger partial charge in [-0.3, -0.25) is 4.79 Å². The van der Waals surface area contributed by atoms with Crippen molar-refractivity contribution in [1.82, 2.24) is 10.3 Å². The van der Waals surface area contributed by atoms with Crippen molar-refractivity contribution in [3.05, 3.63) is 57.2 Å². The fraction of sp³-hybridized carbons (Fsp3) is 0.250. The highest BCUT2D eigenvalue weighted by Crippen LogP contribution is 2.32. The Morgan fingerprint density at radius 3 is 2.57 bits per heavy atom. The van der Waals surface area contributed by atoms with Crippen molar-refractivity contribution < 1.29 is 23.0 Å². The van der Waals surface area contributed by atoms with Crippen molar-refractivity contribution in [2.24, 2.45) is 0 Å². The number of hydrogen-bond donors (Lipinski definition) is 2. The van der Waals surface area contributed by atoms with E-state index in [-0.39, 0.29) is 27.8 Å². The lowest BCUT2D eigenvalue weighted by molar-refractivity contribution is 0.0953. The second-order valence-electron chi connectivity index (χ2n) is 6.21. The number of H-pyrrole nitrogens is 1. The Morgan fingerprint density at radius 2 is 1.89 bits per heavy atom. The molecule has 1 amide bonds. The molecular formula is C20H19BrF2N2O3. The average Bonchev–Trinajstić information content (AvgIpc) is 3.02. The summed E-state index contributed by atoms with van der Waals surface area (Å²) in [4.78, 5) is 15.3. The summed E-state index contributed by atoms with van der Waals surface area (Å²) in [5.74, 6) is -0.387. The number of aryl methyl sites for hydroxylation is 1. The Morgan fingerprint density at radius 1 is 1.18 bits per heavy atom. The smallest absolute Gasteiger partial charge is 0.251 e. The molecule has 2 N–H and O–H groups in total. The molecule has 1 heterocycles. The molecular weight excluding hydrogens is 434 g/mol. The van der Waals surface area contributed by atoms with Gasteiger partial charge in [-0.1, -0.05) is 0 Å². The van der Waals surface area contributed by atoms with Crippen LogP contribution in [-0.2, 0) is 6.42 Å². The number of hydrogen-bond acceptors (Lipinski definition) is 3. The normalized spacial score (nSPS) is 10.9. The molecule has 0 fully saturated rings. The fourth-order valence-corrected chi connectivity index (χ4v) is 3.54. The molecule has 0 spiro atoms. The number of carbonyl (C=O) groups is 1. The SMILES string of the molecule is COc1ccc(C(=O)NCCc2c(C)[nH]c3c(F)cc(Br)c(F)c23)cc1OC. The molecule has 0 saturated heterocycles. The Kier molecular flexibility index (Phi) is 5.88. The van der Waals surface area contributed by atoms with Crippen molar-refractivity contribution in [3.63, 3.8) is 0 Å². The summed E-state index contributed by atoms with van der Waals surface area (Å²) in [6.07, 6.45) is 0.345. The molecule has 0 bridgehead atoms. The molecule has 1 aromatic heterocycles. The maximum atomic E-state index is 14.5. The van der Waals surface area contributed by atoms with E-state index in [0.717, 1.165) is 6.07 Å². The van der Waals surface area contributed by atoms with Gasteiger partial charge in [0.2, 0.25) is 0 Å². The van der Waals surface area contributed by atoms with Crippen LogP contribution in [0.1, 0.15) is 21.6 Å². The number of carbonyl (C=O) groups excluding carboxylic acids is 1. The minimum absolute atomic E-state index is 0.0621. The first-order chi connectivity index (χ1) is 13.4. The molecule has 0 radical (unpaired) electrons. The summed E-state index contributed by atoms with van der Waals surface area (Å²) in [5.41, 5.74) is 1.82. The van der Waals surface area contributed by atoms with Crippen molar-refractivity contribution in [2.75, 3.05) is 20.8 Å². The summed E-state index contributed by atoms with van der Waals surface area (Å²) in [6.45, 7) is 2.01. The van der Waals surface area contributed by atoms with Crippen molar-refractivity contribution in [3.8, 4) is 11.5 Å². The maximum Gasteiger partial charge on any atom is 0.251 e. The van der Waals surface area contributed by atoms with Crippen LogP contribution in [0.5, 0.6) is 11.5 Å². The van der Waals surface area contributed by atoms with E-state index >= 15 is 0 Å². The lowest BCUT2D eigenvalue weighted by Gasteiger charge is -2.10. The van der Waals surface area contributed by atoms with Crippen LogP contribution in [0.15, 0.2) is 28.7 Å². The zero-order valence-electron chi connectivity index (χ0n) is 15.6. The second-order valence-corrected chi connectivity index (χ2v) is 7.06. The van der Waals surface area contributed by atoms with Crippen LogP contribution in [0.3, 0.4) is 0 Å².